The van der Waals surface area contributed by atoms with Gasteiger partial charge in [-0.05, 0) is 74.1 Å². The summed E-state index contributed by atoms with van der Waals surface area (Å²) in [6, 6.07) is 8.00. The maximum absolute atomic E-state index is 13.5. The molecule has 2 heterocycles. The number of aryl methyl sites for hydroxylation is 2. The number of nitrogens with one attached hydrogen (secondary N) is 1. The summed E-state index contributed by atoms with van der Waals surface area (Å²) in [5.74, 6) is 1.37. The molecule has 33 heavy (non-hydrogen) atoms. The molecule has 7 heteroatoms. The van der Waals surface area contributed by atoms with Gasteiger partial charge in [-0.2, -0.15) is 0 Å². The number of rotatable bonds is 9. The topological polar surface area (TPSA) is 61.9 Å². The van der Waals surface area contributed by atoms with Crippen LogP contribution in [0.3, 0.4) is 0 Å². The van der Waals surface area contributed by atoms with E-state index in [-0.39, 0.29) is 24.5 Å². The molecule has 0 saturated heterocycles. The van der Waals surface area contributed by atoms with E-state index in [1.165, 1.54) is 16.0 Å². The molecule has 1 unspecified atom stereocenters. The van der Waals surface area contributed by atoms with Crippen LogP contribution in [-0.2, 0) is 11.2 Å². The van der Waals surface area contributed by atoms with Gasteiger partial charge in [-0.1, -0.05) is 24.6 Å². The molecule has 1 atom stereocenters. The van der Waals surface area contributed by atoms with Crippen molar-refractivity contribution in [1.29, 1.82) is 0 Å². The molecule has 178 valence electrons. The van der Waals surface area contributed by atoms with Crippen molar-refractivity contribution in [2.24, 2.45) is 5.92 Å². The Morgan fingerprint density at radius 1 is 1.24 bits per heavy atom. The number of nitrogens with zero attached hydrogens (tertiary/aromatic N) is 2. The highest BCUT2D eigenvalue weighted by Crippen LogP contribution is 2.35. The Balaban J connectivity index is 1.48. The maximum Gasteiger partial charge on any atom is 0.317 e. The lowest BCUT2D eigenvalue weighted by molar-refractivity contribution is -0.135. The highest BCUT2D eigenvalue weighted by molar-refractivity contribution is 7.10. The Morgan fingerprint density at radius 2 is 2.06 bits per heavy atom. The Hall–Kier alpha value is -2.54. The second-order valence-corrected chi connectivity index (χ2v) is 10.3. The summed E-state index contributed by atoms with van der Waals surface area (Å²) >= 11 is 1.75. The number of hydrogen-bond donors (Lipinski definition) is 1. The van der Waals surface area contributed by atoms with Crippen LogP contribution in [0.1, 0.15) is 53.8 Å². The van der Waals surface area contributed by atoms with Crippen LogP contribution < -0.4 is 10.1 Å². The molecular weight excluding hydrogens is 434 g/mol. The van der Waals surface area contributed by atoms with Crippen molar-refractivity contribution in [2.75, 3.05) is 32.8 Å². The molecule has 1 aliphatic carbocycles. The molecule has 2 aromatic rings. The summed E-state index contributed by atoms with van der Waals surface area (Å²) in [4.78, 5) is 31.2. The number of urea groups is 1. The van der Waals surface area contributed by atoms with Gasteiger partial charge in [-0.15, -0.1) is 11.3 Å². The second-order valence-electron chi connectivity index (χ2n) is 9.29. The normalized spacial score (nSPS) is 17.4. The highest BCUT2D eigenvalue weighted by Gasteiger charge is 2.35. The summed E-state index contributed by atoms with van der Waals surface area (Å²) < 4.78 is 6.24. The molecule has 0 bridgehead atoms. The van der Waals surface area contributed by atoms with Gasteiger partial charge in [-0.3, -0.25) is 4.79 Å². The third-order valence-electron chi connectivity index (χ3n) is 6.46. The first-order valence-electron chi connectivity index (χ1n) is 12.0. The number of fused-ring (bicyclic) bond motifs is 1. The lowest BCUT2D eigenvalue weighted by Gasteiger charge is -2.37. The molecule has 3 amide bonds. The van der Waals surface area contributed by atoms with E-state index in [1.807, 2.05) is 30.9 Å². The third kappa shape index (κ3) is 5.88. The average Bonchev–Trinajstić information content (AvgIpc) is 3.48. The molecule has 1 saturated carbocycles. The Kier molecular flexibility index (Phi) is 7.58. The number of hydrogen-bond acceptors (Lipinski definition) is 4. The smallest absolute Gasteiger partial charge is 0.317 e. The third-order valence-corrected chi connectivity index (χ3v) is 7.45. The molecule has 1 N–H and O–H groups in total. The van der Waals surface area contributed by atoms with Crippen LogP contribution in [0.5, 0.6) is 5.75 Å². The Bertz CT molecular complexity index is 985. The van der Waals surface area contributed by atoms with E-state index in [2.05, 4.69) is 29.8 Å². The summed E-state index contributed by atoms with van der Waals surface area (Å²) in [6.07, 6.45) is 4.01. The number of amides is 3. The Labute approximate surface area is 200 Å². The standard InChI is InChI=1S/C26H35N3O3S/c1-4-11-27-26(31)28(15-20-6-7-20)16-25(30)29-12-9-24-21(10-13-33-24)22(29)17-32-23-8-5-18(2)14-19(23)3/h5,8,10,13-14,20,22H,4,6-7,9,11-12,15-17H2,1-3H3,(H,27,31). The van der Waals surface area contributed by atoms with E-state index in [0.29, 0.717) is 32.2 Å². The van der Waals surface area contributed by atoms with Gasteiger partial charge in [0.1, 0.15) is 18.9 Å². The van der Waals surface area contributed by atoms with Gasteiger partial charge in [-0.25, -0.2) is 4.79 Å². The van der Waals surface area contributed by atoms with Crippen LogP contribution in [0, 0.1) is 19.8 Å². The van der Waals surface area contributed by atoms with Crippen molar-refractivity contribution in [3.8, 4) is 5.75 Å². The number of benzene rings is 1. The number of carbonyl (C=O) groups excluding carboxylic acids is 2. The van der Waals surface area contributed by atoms with Crippen molar-refractivity contribution in [2.45, 2.75) is 52.5 Å². The molecule has 0 spiro atoms. The molecular formula is C26H35N3O3S. The average molecular weight is 470 g/mol. The van der Waals surface area contributed by atoms with E-state index in [1.54, 1.807) is 16.2 Å². The second kappa shape index (κ2) is 10.6. The molecule has 1 aromatic heterocycles. The first-order valence-corrected chi connectivity index (χ1v) is 12.9. The van der Waals surface area contributed by atoms with E-state index in [0.717, 1.165) is 37.0 Å². The van der Waals surface area contributed by atoms with Crippen molar-refractivity contribution < 1.29 is 14.3 Å². The van der Waals surface area contributed by atoms with Crippen LogP contribution in [0.25, 0.3) is 0 Å². The molecule has 4 rings (SSSR count). The van der Waals surface area contributed by atoms with Crippen molar-refractivity contribution in [3.05, 3.63) is 51.2 Å². The van der Waals surface area contributed by atoms with Gasteiger partial charge < -0.3 is 19.9 Å². The quantitative estimate of drug-likeness (QED) is 0.579. The summed E-state index contributed by atoms with van der Waals surface area (Å²) in [5.41, 5.74) is 3.47. The van der Waals surface area contributed by atoms with Gasteiger partial charge in [0.15, 0.2) is 0 Å². The van der Waals surface area contributed by atoms with Crippen molar-refractivity contribution in [1.82, 2.24) is 15.1 Å². The Morgan fingerprint density at radius 3 is 2.79 bits per heavy atom. The van der Waals surface area contributed by atoms with Crippen LogP contribution in [0.15, 0.2) is 29.6 Å². The lowest BCUT2D eigenvalue weighted by Crippen LogP contribution is -2.50. The van der Waals surface area contributed by atoms with Gasteiger partial charge in [0.25, 0.3) is 0 Å². The maximum atomic E-state index is 13.5. The minimum Gasteiger partial charge on any atom is -0.491 e. The van der Waals surface area contributed by atoms with Gasteiger partial charge in [0, 0.05) is 24.5 Å². The zero-order chi connectivity index (χ0) is 23.4. The van der Waals surface area contributed by atoms with E-state index in [4.69, 9.17) is 4.74 Å². The van der Waals surface area contributed by atoms with Crippen molar-refractivity contribution in [3.63, 3.8) is 0 Å². The van der Waals surface area contributed by atoms with E-state index >= 15 is 0 Å². The monoisotopic (exact) mass is 469 g/mol. The molecule has 1 fully saturated rings. The summed E-state index contributed by atoms with van der Waals surface area (Å²) in [7, 11) is 0. The fourth-order valence-corrected chi connectivity index (χ4v) is 5.36. The van der Waals surface area contributed by atoms with Crippen LogP contribution in [0.2, 0.25) is 0 Å². The van der Waals surface area contributed by atoms with Gasteiger partial charge in [0.05, 0.1) is 6.04 Å². The first kappa shape index (κ1) is 23.6. The molecule has 0 radical (unpaired) electrons. The summed E-state index contributed by atoms with van der Waals surface area (Å²) in [5, 5.41) is 5.04. The lowest BCUT2D eigenvalue weighted by atomic mass is 10.00. The number of ether oxygens (including phenoxy) is 1. The summed E-state index contributed by atoms with van der Waals surface area (Å²) in [6.45, 7) is 8.61. The molecule has 1 aliphatic heterocycles. The largest absolute Gasteiger partial charge is 0.491 e. The minimum absolute atomic E-state index is 0.00613. The minimum atomic E-state index is -0.144. The van der Waals surface area contributed by atoms with Crippen molar-refractivity contribution >= 4 is 23.3 Å². The zero-order valence-corrected chi connectivity index (χ0v) is 20.7. The van der Waals surface area contributed by atoms with Crippen LogP contribution in [-0.4, -0.2) is 54.5 Å². The van der Waals surface area contributed by atoms with Crippen LogP contribution in [0.4, 0.5) is 4.79 Å². The molecule has 2 aliphatic rings. The fraction of sp³-hybridized carbons (Fsp3) is 0.538. The number of thiophene rings is 1. The highest BCUT2D eigenvalue weighted by atomic mass is 32.1. The SMILES string of the molecule is CCCNC(=O)N(CC(=O)N1CCc2sccc2C1COc1ccc(C)cc1C)CC1CC1. The van der Waals surface area contributed by atoms with Gasteiger partial charge >= 0.3 is 6.03 Å². The predicted octanol–water partition coefficient (Wildman–Crippen LogP) is 4.70. The van der Waals surface area contributed by atoms with E-state index < -0.39 is 0 Å². The zero-order valence-electron chi connectivity index (χ0n) is 19.9. The predicted molar refractivity (Wildman–Crippen MR) is 132 cm³/mol. The van der Waals surface area contributed by atoms with E-state index in [9.17, 15) is 9.59 Å². The molecule has 1 aromatic carbocycles. The first-order chi connectivity index (χ1) is 16.0. The number of carbonyl (C=O) groups is 2. The van der Waals surface area contributed by atoms with Crippen LogP contribution >= 0.6 is 11.3 Å². The van der Waals surface area contributed by atoms with Gasteiger partial charge in [0.2, 0.25) is 5.91 Å². The molecule has 6 nitrogen and oxygen atoms in total. The fourth-order valence-electron chi connectivity index (χ4n) is 4.43.